The van der Waals surface area contributed by atoms with E-state index in [4.69, 9.17) is 0 Å². The van der Waals surface area contributed by atoms with Crippen LogP contribution in [0.5, 0.6) is 0 Å². The number of hydrogen-bond donors (Lipinski definition) is 1. The first-order valence-corrected chi connectivity index (χ1v) is 9.57. The van der Waals surface area contributed by atoms with Gasteiger partial charge in [-0.2, -0.15) is 0 Å². The summed E-state index contributed by atoms with van der Waals surface area (Å²) < 4.78 is 23.6. The predicted octanol–water partition coefficient (Wildman–Crippen LogP) is 2.31. The molecule has 118 valence electrons. The van der Waals surface area contributed by atoms with Gasteiger partial charge in [0, 0.05) is 25.4 Å². The predicted molar refractivity (Wildman–Crippen MR) is 87.7 cm³/mol. The van der Waals surface area contributed by atoms with Gasteiger partial charge in [-0.15, -0.1) is 0 Å². The van der Waals surface area contributed by atoms with E-state index >= 15 is 0 Å². The minimum absolute atomic E-state index is 0.00102. The van der Waals surface area contributed by atoms with Crippen LogP contribution in [0, 0.1) is 0 Å². The standard InChI is InChI=1S/C15H25N3O2S/c1-4-18(5-2)15-10-9-12(11-16-15)17-13-7-6-8-14(13)21(3,19)20/h9-11,13-14,17H,4-8H2,1-3H3. The maximum Gasteiger partial charge on any atom is 0.152 e. The van der Waals surface area contributed by atoms with Gasteiger partial charge < -0.3 is 10.2 Å². The van der Waals surface area contributed by atoms with E-state index in [-0.39, 0.29) is 11.3 Å². The minimum Gasteiger partial charge on any atom is -0.380 e. The van der Waals surface area contributed by atoms with Gasteiger partial charge in [-0.25, -0.2) is 13.4 Å². The molecule has 2 unspecified atom stereocenters. The topological polar surface area (TPSA) is 62.3 Å². The minimum atomic E-state index is -2.99. The van der Waals surface area contributed by atoms with Gasteiger partial charge in [-0.3, -0.25) is 0 Å². The molecule has 5 nitrogen and oxygen atoms in total. The van der Waals surface area contributed by atoms with Crippen LogP contribution >= 0.6 is 0 Å². The molecule has 0 aliphatic heterocycles. The van der Waals surface area contributed by atoms with E-state index < -0.39 is 9.84 Å². The number of nitrogens with one attached hydrogen (secondary N) is 1. The Bertz CT molecular complexity index is 553. The van der Waals surface area contributed by atoms with Crippen molar-refractivity contribution in [2.45, 2.75) is 44.4 Å². The Balaban J connectivity index is 2.06. The number of pyridine rings is 1. The summed E-state index contributed by atoms with van der Waals surface area (Å²) in [7, 11) is -2.99. The number of sulfone groups is 1. The summed E-state index contributed by atoms with van der Waals surface area (Å²) in [5, 5.41) is 3.06. The Hall–Kier alpha value is -1.30. The van der Waals surface area contributed by atoms with E-state index in [1.165, 1.54) is 6.26 Å². The van der Waals surface area contributed by atoms with Crippen LogP contribution in [0.1, 0.15) is 33.1 Å². The summed E-state index contributed by atoms with van der Waals surface area (Å²) in [6.07, 6.45) is 5.74. The highest BCUT2D eigenvalue weighted by atomic mass is 32.2. The average molecular weight is 311 g/mol. The fraction of sp³-hybridized carbons (Fsp3) is 0.667. The fourth-order valence-corrected chi connectivity index (χ4v) is 4.42. The lowest BCUT2D eigenvalue weighted by atomic mass is 10.2. The first-order chi connectivity index (χ1) is 9.95. The molecule has 2 rings (SSSR count). The monoisotopic (exact) mass is 311 g/mol. The van der Waals surface area contributed by atoms with Crippen LogP contribution in [-0.2, 0) is 9.84 Å². The number of nitrogens with zero attached hydrogens (tertiary/aromatic N) is 2. The van der Waals surface area contributed by atoms with Gasteiger partial charge in [-0.05, 0) is 45.2 Å². The lowest BCUT2D eigenvalue weighted by Gasteiger charge is -2.22. The normalized spacial score (nSPS) is 22.2. The van der Waals surface area contributed by atoms with Gasteiger partial charge in [0.2, 0.25) is 0 Å². The zero-order chi connectivity index (χ0) is 15.5. The third-order valence-electron chi connectivity index (χ3n) is 4.19. The lowest BCUT2D eigenvalue weighted by molar-refractivity contribution is 0.579. The number of rotatable bonds is 6. The van der Waals surface area contributed by atoms with Crippen molar-refractivity contribution in [3.8, 4) is 0 Å². The van der Waals surface area contributed by atoms with Gasteiger partial charge in [0.15, 0.2) is 9.84 Å². The Labute approximate surface area is 127 Å². The van der Waals surface area contributed by atoms with Crippen molar-refractivity contribution in [3.63, 3.8) is 0 Å². The second-order valence-electron chi connectivity index (χ2n) is 5.63. The molecule has 6 heteroatoms. The summed E-state index contributed by atoms with van der Waals surface area (Å²) in [6, 6.07) is 3.97. The molecule has 1 fully saturated rings. The quantitative estimate of drug-likeness (QED) is 0.873. The lowest BCUT2D eigenvalue weighted by Crippen LogP contribution is -2.34. The highest BCUT2D eigenvalue weighted by Crippen LogP contribution is 2.28. The first kappa shape index (κ1) is 16.1. The Morgan fingerprint density at radius 2 is 2.00 bits per heavy atom. The summed E-state index contributed by atoms with van der Waals surface area (Å²) in [4.78, 5) is 6.64. The molecule has 1 aliphatic carbocycles. The van der Waals surface area contributed by atoms with E-state index in [1.54, 1.807) is 6.20 Å². The fourth-order valence-electron chi connectivity index (χ4n) is 3.02. The molecule has 0 radical (unpaired) electrons. The van der Waals surface area contributed by atoms with Crippen molar-refractivity contribution in [1.82, 2.24) is 4.98 Å². The molecular weight excluding hydrogens is 286 g/mol. The smallest absolute Gasteiger partial charge is 0.152 e. The maximum atomic E-state index is 11.8. The molecule has 0 amide bonds. The zero-order valence-electron chi connectivity index (χ0n) is 13.0. The van der Waals surface area contributed by atoms with Gasteiger partial charge in [0.1, 0.15) is 5.82 Å². The Kier molecular flexibility index (Phi) is 5.08. The van der Waals surface area contributed by atoms with Crippen molar-refractivity contribution in [2.24, 2.45) is 0 Å². The molecule has 0 bridgehead atoms. The van der Waals surface area contributed by atoms with Gasteiger partial charge in [0.05, 0.1) is 17.1 Å². The number of anilines is 2. The number of aromatic nitrogens is 1. The van der Waals surface area contributed by atoms with Gasteiger partial charge in [0.25, 0.3) is 0 Å². The van der Waals surface area contributed by atoms with Crippen molar-refractivity contribution in [3.05, 3.63) is 18.3 Å². The van der Waals surface area contributed by atoms with Crippen molar-refractivity contribution < 1.29 is 8.42 Å². The third-order valence-corrected chi connectivity index (χ3v) is 5.85. The van der Waals surface area contributed by atoms with Crippen LogP contribution in [0.2, 0.25) is 0 Å². The highest BCUT2D eigenvalue weighted by Gasteiger charge is 2.34. The molecule has 1 saturated carbocycles. The van der Waals surface area contributed by atoms with Crippen LogP contribution in [-0.4, -0.2) is 44.0 Å². The van der Waals surface area contributed by atoms with E-state index in [0.717, 1.165) is 43.9 Å². The van der Waals surface area contributed by atoms with Gasteiger partial charge in [-0.1, -0.05) is 0 Å². The largest absolute Gasteiger partial charge is 0.380 e. The average Bonchev–Trinajstić information content (AvgIpc) is 2.90. The molecule has 1 N–H and O–H groups in total. The number of hydrogen-bond acceptors (Lipinski definition) is 5. The second-order valence-corrected chi connectivity index (χ2v) is 7.89. The molecule has 0 spiro atoms. The molecule has 1 aromatic rings. The summed E-state index contributed by atoms with van der Waals surface area (Å²) in [5.74, 6) is 0.955. The van der Waals surface area contributed by atoms with E-state index in [0.29, 0.717) is 0 Å². The molecule has 1 heterocycles. The SMILES string of the molecule is CCN(CC)c1ccc(NC2CCCC2S(C)(=O)=O)cn1. The first-order valence-electron chi connectivity index (χ1n) is 7.62. The van der Waals surface area contributed by atoms with Crippen LogP contribution in [0.15, 0.2) is 18.3 Å². The second kappa shape index (κ2) is 6.64. The summed E-state index contributed by atoms with van der Waals surface area (Å²) >= 11 is 0. The molecule has 0 saturated heterocycles. The van der Waals surface area contributed by atoms with Crippen LogP contribution in [0.4, 0.5) is 11.5 Å². The van der Waals surface area contributed by atoms with Crippen molar-refractivity contribution in [1.29, 1.82) is 0 Å². The molecule has 0 aromatic carbocycles. The molecule has 1 aliphatic rings. The highest BCUT2D eigenvalue weighted by molar-refractivity contribution is 7.91. The molecule has 21 heavy (non-hydrogen) atoms. The zero-order valence-corrected chi connectivity index (χ0v) is 13.9. The third kappa shape index (κ3) is 3.87. The van der Waals surface area contributed by atoms with E-state index in [2.05, 4.69) is 29.0 Å². The Morgan fingerprint density at radius 3 is 2.52 bits per heavy atom. The van der Waals surface area contributed by atoms with Crippen LogP contribution in [0.25, 0.3) is 0 Å². The van der Waals surface area contributed by atoms with Gasteiger partial charge >= 0.3 is 0 Å². The van der Waals surface area contributed by atoms with Crippen molar-refractivity contribution in [2.75, 3.05) is 29.6 Å². The summed E-state index contributed by atoms with van der Waals surface area (Å²) in [6.45, 7) is 6.06. The molecular formula is C15H25N3O2S. The summed E-state index contributed by atoms with van der Waals surface area (Å²) in [5.41, 5.74) is 0.895. The molecule has 2 atom stereocenters. The Morgan fingerprint density at radius 1 is 1.29 bits per heavy atom. The van der Waals surface area contributed by atoms with E-state index in [1.807, 2.05) is 12.1 Å². The van der Waals surface area contributed by atoms with Crippen LogP contribution in [0.3, 0.4) is 0 Å². The van der Waals surface area contributed by atoms with E-state index in [9.17, 15) is 8.42 Å². The van der Waals surface area contributed by atoms with Crippen LogP contribution < -0.4 is 10.2 Å². The van der Waals surface area contributed by atoms with Crippen molar-refractivity contribution >= 4 is 21.3 Å². The molecule has 1 aromatic heterocycles. The maximum absolute atomic E-state index is 11.8.